The molecule has 3 aromatic rings. The van der Waals surface area contributed by atoms with Gasteiger partial charge in [-0.05, 0) is 55.4 Å². The van der Waals surface area contributed by atoms with E-state index in [4.69, 9.17) is 9.26 Å². The van der Waals surface area contributed by atoms with Gasteiger partial charge in [0.05, 0.1) is 11.8 Å². The van der Waals surface area contributed by atoms with Gasteiger partial charge < -0.3 is 14.6 Å². The SMILES string of the molecule is O=C(NCCc1ccccn1)[C@H]1[C@H]2CC[C@H](C2)[C@@H]1c1nc(COc2ccccc2)no1. The highest BCUT2D eigenvalue weighted by Gasteiger charge is 2.53. The van der Waals surface area contributed by atoms with E-state index in [-0.39, 0.29) is 24.3 Å². The van der Waals surface area contributed by atoms with Gasteiger partial charge in [-0.3, -0.25) is 9.78 Å². The van der Waals surface area contributed by atoms with Crippen LogP contribution in [0.4, 0.5) is 0 Å². The van der Waals surface area contributed by atoms with Crippen LogP contribution in [0, 0.1) is 17.8 Å². The first-order valence-electron chi connectivity index (χ1n) is 11.0. The summed E-state index contributed by atoms with van der Waals surface area (Å²) in [6.45, 7) is 0.825. The number of carbonyl (C=O) groups is 1. The minimum absolute atomic E-state index is 0.00780. The van der Waals surface area contributed by atoms with Crippen LogP contribution in [0.1, 0.15) is 42.6 Å². The molecule has 31 heavy (non-hydrogen) atoms. The monoisotopic (exact) mass is 418 g/mol. The molecule has 1 amide bonds. The van der Waals surface area contributed by atoms with E-state index in [0.29, 0.717) is 30.1 Å². The van der Waals surface area contributed by atoms with E-state index in [9.17, 15) is 4.79 Å². The lowest BCUT2D eigenvalue weighted by molar-refractivity contribution is -0.127. The highest BCUT2D eigenvalue weighted by atomic mass is 16.5. The highest BCUT2D eigenvalue weighted by Crippen LogP contribution is 2.56. The van der Waals surface area contributed by atoms with Crippen LogP contribution in [0.5, 0.6) is 5.75 Å². The quantitative estimate of drug-likeness (QED) is 0.602. The summed E-state index contributed by atoms with van der Waals surface area (Å²) in [5.74, 6) is 2.64. The van der Waals surface area contributed by atoms with Crippen LogP contribution in [-0.4, -0.2) is 27.6 Å². The van der Waals surface area contributed by atoms with Crippen molar-refractivity contribution < 1.29 is 14.1 Å². The van der Waals surface area contributed by atoms with Crippen molar-refractivity contribution in [1.29, 1.82) is 0 Å². The van der Waals surface area contributed by atoms with Gasteiger partial charge in [-0.15, -0.1) is 0 Å². The van der Waals surface area contributed by atoms with Crippen molar-refractivity contribution in [3.05, 3.63) is 72.1 Å². The second kappa shape index (κ2) is 8.88. The maximum atomic E-state index is 13.1. The number of nitrogens with zero attached hydrogens (tertiary/aromatic N) is 3. The Kier molecular flexibility index (Phi) is 5.65. The molecule has 2 saturated carbocycles. The second-order valence-corrected chi connectivity index (χ2v) is 8.40. The zero-order chi connectivity index (χ0) is 21.0. The summed E-state index contributed by atoms with van der Waals surface area (Å²) in [7, 11) is 0. The molecular formula is C24H26N4O3. The van der Waals surface area contributed by atoms with Crippen molar-refractivity contribution in [2.45, 2.75) is 38.2 Å². The Labute approximate surface area is 181 Å². The molecule has 0 saturated heterocycles. The van der Waals surface area contributed by atoms with Gasteiger partial charge in [0, 0.05) is 24.9 Å². The molecule has 2 bridgehead atoms. The van der Waals surface area contributed by atoms with Crippen LogP contribution in [0.25, 0.3) is 0 Å². The number of fused-ring (bicyclic) bond motifs is 2. The fourth-order valence-electron chi connectivity index (χ4n) is 5.13. The van der Waals surface area contributed by atoms with E-state index in [1.807, 2.05) is 48.5 Å². The lowest BCUT2D eigenvalue weighted by atomic mass is 9.78. The predicted octanol–water partition coefficient (Wildman–Crippen LogP) is 3.53. The number of amides is 1. The van der Waals surface area contributed by atoms with E-state index >= 15 is 0 Å². The molecule has 2 fully saturated rings. The van der Waals surface area contributed by atoms with E-state index in [1.54, 1.807) is 6.20 Å². The lowest BCUT2D eigenvalue weighted by Gasteiger charge is -2.27. The van der Waals surface area contributed by atoms with E-state index in [0.717, 1.165) is 37.1 Å². The van der Waals surface area contributed by atoms with Gasteiger partial charge in [0.2, 0.25) is 17.6 Å². The number of pyridine rings is 1. The van der Waals surface area contributed by atoms with Crippen LogP contribution in [0.3, 0.4) is 0 Å². The maximum Gasteiger partial charge on any atom is 0.230 e. The predicted molar refractivity (Wildman–Crippen MR) is 113 cm³/mol. The molecule has 1 N–H and O–H groups in total. The van der Waals surface area contributed by atoms with Gasteiger partial charge in [0.1, 0.15) is 5.75 Å². The average Bonchev–Trinajstić information content (AvgIpc) is 3.55. The maximum absolute atomic E-state index is 13.1. The number of nitrogens with one attached hydrogen (secondary N) is 1. The molecule has 2 aromatic heterocycles. The van der Waals surface area contributed by atoms with Gasteiger partial charge >= 0.3 is 0 Å². The molecule has 7 nitrogen and oxygen atoms in total. The molecule has 160 valence electrons. The first-order valence-corrected chi connectivity index (χ1v) is 11.0. The third kappa shape index (κ3) is 4.31. The van der Waals surface area contributed by atoms with E-state index in [2.05, 4.69) is 20.4 Å². The zero-order valence-electron chi connectivity index (χ0n) is 17.3. The summed E-state index contributed by atoms with van der Waals surface area (Å²) in [4.78, 5) is 22.0. The third-order valence-electron chi connectivity index (χ3n) is 6.51. The van der Waals surface area contributed by atoms with Gasteiger partial charge in [-0.1, -0.05) is 29.4 Å². The topological polar surface area (TPSA) is 90.1 Å². The number of carbonyl (C=O) groups excluding carboxylic acids is 1. The van der Waals surface area contributed by atoms with Crippen molar-refractivity contribution in [2.75, 3.05) is 6.54 Å². The Bertz CT molecular complexity index is 1010. The molecular weight excluding hydrogens is 392 g/mol. The first-order chi connectivity index (χ1) is 15.3. The molecule has 2 heterocycles. The third-order valence-corrected chi connectivity index (χ3v) is 6.51. The summed E-state index contributed by atoms with van der Waals surface area (Å²) in [5.41, 5.74) is 0.979. The minimum atomic E-state index is -0.106. The zero-order valence-corrected chi connectivity index (χ0v) is 17.3. The largest absolute Gasteiger partial charge is 0.485 e. The number of hydrogen-bond acceptors (Lipinski definition) is 6. The normalized spacial score (nSPS) is 24.3. The standard InChI is InChI=1S/C24H26N4O3/c29-23(26-13-11-18-6-4-5-12-25-18)21-16-9-10-17(14-16)22(21)24-27-20(28-31-24)15-30-19-7-2-1-3-8-19/h1-8,12,16-17,21-22H,9-11,13-15H2,(H,26,29)/t16-,17+,21-,22-/m0/s1. The Morgan fingerprint density at radius 1 is 1.10 bits per heavy atom. The highest BCUT2D eigenvalue weighted by molar-refractivity contribution is 5.80. The Balaban J connectivity index is 1.22. The number of para-hydroxylation sites is 1. The van der Waals surface area contributed by atoms with Gasteiger partial charge in [0.15, 0.2) is 6.61 Å². The van der Waals surface area contributed by atoms with Crippen LogP contribution in [0.2, 0.25) is 0 Å². The van der Waals surface area contributed by atoms with Gasteiger partial charge in [-0.25, -0.2) is 0 Å². The second-order valence-electron chi connectivity index (χ2n) is 8.40. The van der Waals surface area contributed by atoms with Crippen molar-refractivity contribution in [3.63, 3.8) is 0 Å². The molecule has 0 aliphatic heterocycles. The number of benzene rings is 1. The first kappa shape index (κ1) is 19.7. The Morgan fingerprint density at radius 2 is 1.94 bits per heavy atom. The summed E-state index contributed by atoms with van der Waals surface area (Å²) >= 11 is 0. The van der Waals surface area contributed by atoms with Gasteiger partial charge in [0.25, 0.3) is 0 Å². The van der Waals surface area contributed by atoms with Crippen LogP contribution < -0.4 is 10.1 Å². The van der Waals surface area contributed by atoms with Gasteiger partial charge in [-0.2, -0.15) is 4.98 Å². The summed E-state index contributed by atoms with van der Waals surface area (Å²) in [5, 5.41) is 7.22. The molecule has 2 aliphatic carbocycles. The smallest absolute Gasteiger partial charge is 0.230 e. The molecule has 5 rings (SSSR count). The molecule has 7 heteroatoms. The van der Waals surface area contributed by atoms with Crippen LogP contribution >= 0.6 is 0 Å². The molecule has 0 radical (unpaired) electrons. The van der Waals surface area contributed by atoms with Crippen molar-refractivity contribution in [2.24, 2.45) is 17.8 Å². The molecule has 2 aliphatic rings. The van der Waals surface area contributed by atoms with Crippen molar-refractivity contribution in [1.82, 2.24) is 20.4 Å². The molecule has 0 spiro atoms. The minimum Gasteiger partial charge on any atom is -0.485 e. The molecule has 1 aromatic carbocycles. The lowest BCUT2D eigenvalue weighted by Crippen LogP contribution is -2.38. The Hall–Kier alpha value is -3.22. The number of ether oxygens (including phenoxy) is 1. The average molecular weight is 418 g/mol. The van der Waals surface area contributed by atoms with Crippen LogP contribution in [-0.2, 0) is 17.8 Å². The van der Waals surface area contributed by atoms with E-state index in [1.165, 1.54) is 0 Å². The number of aromatic nitrogens is 3. The fraction of sp³-hybridized carbons (Fsp3) is 0.417. The summed E-state index contributed by atoms with van der Waals surface area (Å²) in [6, 6.07) is 15.4. The van der Waals surface area contributed by atoms with Crippen molar-refractivity contribution >= 4 is 5.91 Å². The van der Waals surface area contributed by atoms with E-state index < -0.39 is 0 Å². The summed E-state index contributed by atoms with van der Waals surface area (Å²) < 4.78 is 11.3. The Morgan fingerprint density at radius 3 is 2.77 bits per heavy atom. The summed E-state index contributed by atoms with van der Waals surface area (Å²) in [6.07, 6.45) is 5.77. The fourth-order valence-corrected chi connectivity index (χ4v) is 5.13. The van der Waals surface area contributed by atoms with Crippen molar-refractivity contribution in [3.8, 4) is 5.75 Å². The van der Waals surface area contributed by atoms with Crippen LogP contribution in [0.15, 0.2) is 59.3 Å². The molecule has 0 unspecified atom stereocenters. The molecule has 4 atom stereocenters. The number of hydrogen-bond donors (Lipinski definition) is 1. The number of rotatable bonds is 8.